The zero-order valence-electron chi connectivity index (χ0n) is 9.78. The van der Waals surface area contributed by atoms with Crippen molar-refractivity contribution < 1.29 is 4.74 Å². The first-order valence-corrected chi connectivity index (χ1v) is 6.57. The summed E-state index contributed by atoms with van der Waals surface area (Å²) in [5.41, 5.74) is 0.714. The Labute approximate surface area is 119 Å². The summed E-state index contributed by atoms with van der Waals surface area (Å²) in [5.74, 6) is 1.56. The molecule has 1 aromatic carbocycles. The van der Waals surface area contributed by atoms with Crippen LogP contribution in [0.3, 0.4) is 0 Å². The molecule has 0 aliphatic carbocycles. The van der Waals surface area contributed by atoms with E-state index in [2.05, 4.69) is 26.2 Å². The maximum Gasteiger partial charge on any atom is 0.132 e. The molecule has 0 aliphatic heterocycles. The van der Waals surface area contributed by atoms with Gasteiger partial charge in [-0.15, -0.1) is 0 Å². The zero-order valence-corrected chi connectivity index (χ0v) is 12.1. The van der Waals surface area contributed by atoms with Gasteiger partial charge in [-0.2, -0.15) is 0 Å². The third kappa shape index (κ3) is 3.37. The molecule has 94 valence electrons. The summed E-state index contributed by atoms with van der Waals surface area (Å²) in [6.45, 7) is 0.343. The molecule has 0 fully saturated rings. The van der Waals surface area contributed by atoms with E-state index in [4.69, 9.17) is 16.3 Å². The van der Waals surface area contributed by atoms with Crippen molar-refractivity contribution in [2.45, 2.75) is 6.61 Å². The van der Waals surface area contributed by atoms with E-state index in [0.29, 0.717) is 17.3 Å². The normalized spacial score (nSPS) is 10.2. The summed E-state index contributed by atoms with van der Waals surface area (Å²) < 4.78 is 6.65. The standard InChI is InChI=1S/C13H12BrClN2O/c1-16-13-7-6-11(15)12(17-13)8-18-10-4-2-9(14)3-5-10/h2-7H,8H2,1H3,(H,16,17). The monoisotopic (exact) mass is 326 g/mol. The molecule has 0 saturated carbocycles. The van der Waals surface area contributed by atoms with Crippen molar-refractivity contribution in [2.75, 3.05) is 12.4 Å². The Hall–Kier alpha value is -1.26. The summed E-state index contributed by atoms with van der Waals surface area (Å²) in [7, 11) is 1.82. The lowest BCUT2D eigenvalue weighted by Gasteiger charge is -2.08. The number of hydrogen-bond donors (Lipinski definition) is 1. The Morgan fingerprint density at radius 3 is 2.61 bits per heavy atom. The number of pyridine rings is 1. The number of nitrogens with zero attached hydrogens (tertiary/aromatic N) is 1. The van der Waals surface area contributed by atoms with E-state index in [-0.39, 0.29) is 0 Å². The largest absolute Gasteiger partial charge is 0.487 e. The van der Waals surface area contributed by atoms with Gasteiger partial charge in [0.05, 0.1) is 10.7 Å². The molecule has 0 aliphatic rings. The Morgan fingerprint density at radius 2 is 1.94 bits per heavy atom. The molecule has 0 radical (unpaired) electrons. The number of ether oxygens (including phenoxy) is 1. The zero-order chi connectivity index (χ0) is 13.0. The van der Waals surface area contributed by atoms with E-state index < -0.39 is 0 Å². The quantitative estimate of drug-likeness (QED) is 0.917. The summed E-state index contributed by atoms with van der Waals surface area (Å²) in [4.78, 5) is 4.35. The number of nitrogens with one attached hydrogen (secondary N) is 1. The van der Waals surface area contributed by atoms with Crippen LogP contribution in [0, 0.1) is 0 Å². The third-order valence-electron chi connectivity index (χ3n) is 2.36. The number of aromatic nitrogens is 1. The van der Waals surface area contributed by atoms with E-state index in [1.54, 1.807) is 6.07 Å². The van der Waals surface area contributed by atoms with Crippen LogP contribution in [-0.4, -0.2) is 12.0 Å². The highest BCUT2D eigenvalue weighted by Crippen LogP contribution is 2.20. The fourth-order valence-electron chi connectivity index (χ4n) is 1.41. The van der Waals surface area contributed by atoms with Crippen LogP contribution in [-0.2, 0) is 6.61 Å². The molecule has 3 nitrogen and oxygen atoms in total. The van der Waals surface area contributed by atoms with Crippen molar-refractivity contribution in [1.82, 2.24) is 4.98 Å². The predicted octanol–water partition coefficient (Wildman–Crippen LogP) is 4.12. The van der Waals surface area contributed by atoms with Gasteiger partial charge in [0.2, 0.25) is 0 Å². The lowest BCUT2D eigenvalue weighted by molar-refractivity contribution is 0.301. The van der Waals surface area contributed by atoms with Gasteiger partial charge < -0.3 is 10.1 Å². The molecule has 0 spiro atoms. The molecule has 18 heavy (non-hydrogen) atoms. The van der Waals surface area contributed by atoms with Crippen molar-refractivity contribution in [1.29, 1.82) is 0 Å². The molecular formula is C13H12BrClN2O. The van der Waals surface area contributed by atoms with Crippen LogP contribution in [0.1, 0.15) is 5.69 Å². The number of rotatable bonds is 4. The molecule has 1 N–H and O–H groups in total. The molecule has 0 unspecified atom stereocenters. The summed E-state index contributed by atoms with van der Waals surface area (Å²) in [6, 6.07) is 11.3. The average Bonchev–Trinajstić information content (AvgIpc) is 2.40. The second kappa shape index (κ2) is 6.07. The van der Waals surface area contributed by atoms with Crippen molar-refractivity contribution in [3.8, 4) is 5.75 Å². The Balaban J connectivity index is 2.07. The molecule has 1 aromatic heterocycles. The summed E-state index contributed by atoms with van der Waals surface area (Å²) in [5, 5.41) is 3.57. The van der Waals surface area contributed by atoms with E-state index in [0.717, 1.165) is 16.0 Å². The smallest absolute Gasteiger partial charge is 0.132 e. The second-order valence-corrected chi connectivity index (χ2v) is 4.94. The van der Waals surface area contributed by atoms with E-state index in [9.17, 15) is 0 Å². The van der Waals surface area contributed by atoms with Gasteiger partial charge in [-0.05, 0) is 36.4 Å². The summed E-state index contributed by atoms with van der Waals surface area (Å²) >= 11 is 9.44. The van der Waals surface area contributed by atoms with Crippen molar-refractivity contribution >= 4 is 33.3 Å². The molecule has 0 saturated heterocycles. The Bertz CT molecular complexity index is 531. The number of anilines is 1. The molecule has 2 aromatic rings. The molecule has 5 heteroatoms. The first-order chi connectivity index (χ1) is 8.69. The Morgan fingerprint density at radius 1 is 1.22 bits per heavy atom. The third-order valence-corrected chi connectivity index (χ3v) is 3.24. The van der Waals surface area contributed by atoms with Crippen LogP contribution < -0.4 is 10.1 Å². The Kier molecular flexibility index (Phi) is 4.44. The van der Waals surface area contributed by atoms with Crippen LogP contribution >= 0.6 is 27.5 Å². The highest BCUT2D eigenvalue weighted by molar-refractivity contribution is 9.10. The van der Waals surface area contributed by atoms with Crippen LogP contribution in [0.2, 0.25) is 5.02 Å². The maximum atomic E-state index is 6.07. The van der Waals surface area contributed by atoms with Gasteiger partial charge in [0.1, 0.15) is 18.2 Å². The van der Waals surface area contributed by atoms with Gasteiger partial charge in [-0.3, -0.25) is 0 Å². The minimum Gasteiger partial charge on any atom is -0.487 e. The first-order valence-electron chi connectivity index (χ1n) is 5.40. The van der Waals surface area contributed by atoms with Crippen LogP contribution in [0.15, 0.2) is 40.9 Å². The highest BCUT2D eigenvalue weighted by atomic mass is 79.9. The van der Waals surface area contributed by atoms with Crippen LogP contribution in [0.4, 0.5) is 5.82 Å². The van der Waals surface area contributed by atoms with Gasteiger partial charge >= 0.3 is 0 Å². The SMILES string of the molecule is CNc1ccc(Cl)c(COc2ccc(Br)cc2)n1. The minimum absolute atomic E-state index is 0.343. The lowest BCUT2D eigenvalue weighted by Crippen LogP contribution is -2.02. The molecule has 1 heterocycles. The van der Waals surface area contributed by atoms with E-state index in [1.165, 1.54) is 0 Å². The van der Waals surface area contributed by atoms with Crippen LogP contribution in [0.25, 0.3) is 0 Å². The number of hydrogen-bond acceptors (Lipinski definition) is 3. The fourth-order valence-corrected chi connectivity index (χ4v) is 1.83. The molecular weight excluding hydrogens is 316 g/mol. The molecule has 0 bridgehead atoms. The van der Waals surface area contributed by atoms with Crippen molar-refractivity contribution in [2.24, 2.45) is 0 Å². The van der Waals surface area contributed by atoms with Gasteiger partial charge in [-0.1, -0.05) is 27.5 Å². The summed E-state index contributed by atoms with van der Waals surface area (Å²) in [6.07, 6.45) is 0. The van der Waals surface area contributed by atoms with Gasteiger partial charge in [0, 0.05) is 11.5 Å². The first kappa shape index (κ1) is 13.2. The van der Waals surface area contributed by atoms with E-state index in [1.807, 2.05) is 37.4 Å². The van der Waals surface area contributed by atoms with E-state index >= 15 is 0 Å². The highest BCUT2D eigenvalue weighted by Gasteiger charge is 2.04. The van der Waals surface area contributed by atoms with Crippen molar-refractivity contribution in [3.63, 3.8) is 0 Å². The predicted molar refractivity (Wildman–Crippen MR) is 77.3 cm³/mol. The second-order valence-electron chi connectivity index (χ2n) is 3.62. The van der Waals surface area contributed by atoms with Gasteiger partial charge in [-0.25, -0.2) is 4.98 Å². The minimum atomic E-state index is 0.343. The average molecular weight is 328 g/mol. The lowest BCUT2D eigenvalue weighted by atomic mass is 10.3. The van der Waals surface area contributed by atoms with Gasteiger partial charge in [0.25, 0.3) is 0 Å². The van der Waals surface area contributed by atoms with Crippen LogP contribution in [0.5, 0.6) is 5.75 Å². The topological polar surface area (TPSA) is 34.1 Å². The molecule has 2 rings (SSSR count). The fraction of sp³-hybridized carbons (Fsp3) is 0.154. The molecule has 0 amide bonds. The van der Waals surface area contributed by atoms with Gasteiger partial charge in [0.15, 0.2) is 0 Å². The number of halogens is 2. The number of benzene rings is 1. The molecule has 0 atom stereocenters. The van der Waals surface area contributed by atoms with Crippen molar-refractivity contribution in [3.05, 3.63) is 51.6 Å². The maximum absolute atomic E-state index is 6.07.